The molecule has 0 radical (unpaired) electrons. The van der Waals surface area contributed by atoms with Crippen molar-refractivity contribution in [3.05, 3.63) is 0 Å². The first-order valence-corrected chi connectivity index (χ1v) is 10.5. The average Bonchev–Trinajstić information content (AvgIpc) is 2.56. The van der Waals surface area contributed by atoms with E-state index in [0.29, 0.717) is 25.7 Å². The molecule has 0 aromatic rings. The van der Waals surface area contributed by atoms with E-state index in [9.17, 15) is 19.8 Å². The molecule has 0 saturated heterocycles. The number of aliphatic hydroxyl groups is 2. The van der Waals surface area contributed by atoms with Gasteiger partial charge >= 0.3 is 11.9 Å². The third-order valence-corrected chi connectivity index (χ3v) is 4.66. The van der Waals surface area contributed by atoms with Gasteiger partial charge in [0.05, 0.1) is 24.0 Å². The Hall–Kier alpha value is -1.14. The van der Waals surface area contributed by atoms with Crippen molar-refractivity contribution < 1.29 is 30.0 Å². The summed E-state index contributed by atoms with van der Waals surface area (Å²) in [4.78, 5) is 21.1. The Morgan fingerprint density at radius 3 is 1.11 bits per heavy atom. The van der Waals surface area contributed by atoms with E-state index in [0.717, 1.165) is 44.9 Å². The van der Waals surface area contributed by atoms with Gasteiger partial charge in [0.2, 0.25) is 0 Å². The van der Waals surface area contributed by atoms with Crippen LogP contribution in [0.25, 0.3) is 0 Å². The second kappa shape index (κ2) is 15.9. The largest absolute Gasteiger partial charge is 0.481 e. The fourth-order valence-corrected chi connectivity index (χ4v) is 3.15. The van der Waals surface area contributed by atoms with E-state index >= 15 is 0 Å². The van der Waals surface area contributed by atoms with Gasteiger partial charge in [0.25, 0.3) is 0 Å². The third kappa shape index (κ3) is 16.7. The number of hydrogen-bond donors (Lipinski definition) is 4. The fourth-order valence-electron chi connectivity index (χ4n) is 3.15. The van der Waals surface area contributed by atoms with Crippen molar-refractivity contribution in [2.24, 2.45) is 0 Å². The van der Waals surface area contributed by atoms with Gasteiger partial charge in [0.1, 0.15) is 0 Å². The molecular formula is C21H42O6. The number of hydrogen-bond acceptors (Lipinski definition) is 4. The lowest BCUT2D eigenvalue weighted by atomic mass is 9.88. The molecule has 0 amide bonds. The maximum Gasteiger partial charge on any atom is 0.306 e. The van der Waals surface area contributed by atoms with Crippen LogP contribution in [0.3, 0.4) is 0 Å². The number of rotatable bonds is 15. The average molecular weight is 391 g/mol. The number of aliphatic carboxylic acids is 2. The minimum absolute atomic E-state index is 0.118. The first-order valence-electron chi connectivity index (χ1n) is 10.5. The molecule has 162 valence electrons. The molecule has 0 saturated carbocycles. The molecule has 0 heterocycles. The highest BCUT2D eigenvalue weighted by Crippen LogP contribution is 2.25. The predicted octanol–water partition coefficient (Wildman–Crippen LogP) is 4.76. The van der Waals surface area contributed by atoms with Crippen LogP contribution in [0.4, 0.5) is 0 Å². The zero-order valence-electron chi connectivity index (χ0n) is 17.8. The Morgan fingerprint density at radius 1 is 0.593 bits per heavy atom. The monoisotopic (exact) mass is 390 g/mol. The van der Waals surface area contributed by atoms with Gasteiger partial charge in [-0.2, -0.15) is 0 Å². The van der Waals surface area contributed by atoms with E-state index in [1.807, 2.05) is 27.7 Å². The summed E-state index contributed by atoms with van der Waals surface area (Å²) < 4.78 is 0. The third-order valence-electron chi connectivity index (χ3n) is 4.66. The maximum atomic E-state index is 10.6. The topological polar surface area (TPSA) is 115 Å². The molecule has 0 bridgehead atoms. The van der Waals surface area contributed by atoms with Crippen molar-refractivity contribution in [3.8, 4) is 0 Å². The van der Waals surface area contributed by atoms with Crippen LogP contribution in [0, 0.1) is 0 Å². The summed E-state index contributed by atoms with van der Waals surface area (Å²) >= 11 is 0. The standard InChI is InChI=1S/C11H22O3.C10H20O3/c1-3-5-7-11(14,8-6-4-2)9-10(12)13;1-3-5-7-10(13,6-4-2)8-9(11)12/h14H,3-9H2,1-2H3,(H,12,13);13H,3-8H2,1-2H3,(H,11,12). The number of unbranched alkanes of at least 4 members (excludes halogenated alkanes) is 3. The lowest BCUT2D eigenvalue weighted by molar-refractivity contribution is -0.144. The number of carboxylic acids is 2. The van der Waals surface area contributed by atoms with E-state index in [2.05, 4.69) is 0 Å². The van der Waals surface area contributed by atoms with Crippen molar-refractivity contribution in [2.75, 3.05) is 0 Å². The summed E-state index contributed by atoms with van der Waals surface area (Å²) in [5.41, 5.74) is -1.95. The van der Waals surface area contributed by atoms with Crippen LogP contribution in [0.5, 0.6) is 0 Å². The predicted molar refractivity (Wildman–Crippen MR) is 108 cm³/mol. The van der Waals surface area contributed by atoms with Gasteiger partial charge in [0, 0.05) is 0 Å². The minimum Gasteiger partial charge on any atom is -0.481 e. The summed E-state index contributed by atoms with van der Waals surface area (Å²) in [7, 11) is 0. The number of carboxylic acid groups (broad SMARTS) is 2. The molecule has 6 heteroatoms. The molecule has 0 aliphatic carbocycles. The maximum absolute atomic E-state index is 10.6. The van der Waals surface area contributed by atoms with E-state index in [1.165, 1.54) is 0 Å². The summed E-state index contributed by atoms with van der Waals surface area (Å²) in [5.74, 6) is -1.81. The van der Waals surface area contributed by atoms with Gasteiger partial charge < -0.3 is 20.4 Å². The highest BCUT2D eigenvalue weighted by Gasteiger charge is 2.29. The summed E-state index contributed by atoms with van der Waals surface area (Å²) in [6.07, 6.45) is 8.65. The Morgan fingerprint density at radius 2 is 0.889 bits per heavy atom. The quantitative estimate of drug-likeness (QED) is 0.320. The van der Waals surface area contributed by atoms with Crippen LogP contribution in [0.15, 0.2) is 0 Å². The summed E-state index contributed by atoms with van der Waals surface area (Å²) in [6.45, 7) is 8.08. The van der Waals surface area contributed by atoms with Crippen LogP contribution in [0.2, 0.25) is 0 Å². The first-order chi connectivity index (χ1) is 12.6. The molecule has 6 nitrogen and oxygen atoms in total. The molecule has 0 aliphatic rings. The van der Waals surface area contributed by atoms with E-state index in [1.54, 1.807) is 0 Å². The normalized spacial score (nSPS) is 13.4. The molecule has 0 fully saturated rings. The van der Waals surface area contributed by atoms with E-state index in [-0.39, 0.29) is 12.8 Å². The second-order valence-electron chi connectivity index (χ2n) is 7.65. The van der Waals surface area contributed by atoms with Crippen molar-refractivity contribution in [3.63, 3.8) is 0 Å². The van der Waals surface area contributed by atoms with Gasteiger partial charge in [-0.15, -0.1) is 0 Å². The molecule has 0 spiro atoms. The zero-order valence-corrected chi connectivity index (χ0v) is 17.8. The Bertz CT molecular complexity index is 388. The smallest absolute Gasteiger partial charge is 0.306 e. The van der Waals surface area contributed by atoms with Crippen LogP contribution < -0.4 is 0 Å². The van der Waals surface area contributed by atoms with Crippen molar-refractivity contribution in [2.45, 2.75) is 122 Å². The van der Waals surface area contributed by atoms with Gasteiger partial charge in [0.15, 0.2) is 0 Å². The minimum atomic E-state index is -0.976. The molecule has 0 aliphatic heterocycles. The molecule has 0 aromatic heterocycles. The number of carbonyl (C=O) groups is 2. The van der Waals surface area contributed by atoms with Crippen LogP contribution in [-0.4, -0.2) is 43.6 Å². The highest BCUT2D eigenvalue weighted by molar-refractivity contribution is 5.68. The van der Waals surface area contributed by atoms with Crippen molar-refractivity contribution >= 4 is 11.9 Å². The lowest BCUT2D eigenvalue weighted by Gasteiger charge is -2.26. The molecule has 4 N–H and O–H groups in total. The highest BCUT2D eigenvalue weighted by atomic mass is 16.4. The van der Waals surface area contributed by atoms with Gasteiger partial charge in [-0.25, -0.2) is 0 Å². The second-order valence-corrected chi connectivity index (χ2v) is 7.65. The summed E-state index contributed by atoms with van der Waals surface area (Å²) in [6, 6.07) is 0. The molecule has 1 atom stereocenters. The Labute approximate surface area is 165 Å². The molecule has 27 heavy (non-hydrogen) atoms. The fraction of sp³-hybridized carbons (Fsp3) is 0.905. The van der Waals surface area contributed by atoms with E-state index in [4.69, 9.17) is 10.2 Å². The van der Waals surface area contributed by atoms with E-state index < -0.39 is 23.1 Å². The molecular weight excluding hydrogens is 348 g/mol. The lowest BCUT2D eigenvalue weighted by Crippen LogP contribution is -2.31. The SMILES string of the molecule is CCCCC(O)(CCC)CC(=O)O.CCCCC(O)(CCCC)CC(=O)O. The van der Waals surface area contributed by atoms with Crippen LogP contribution in [-0.2, 0) is 9.59 Å². The van der Waals surface area contributed by atoms with Gasteiger partial charge in [-0.3, -0.25) is 9.59 Å². The molecule has 0 rings (SSSR count). The van der Waals surface area contributed by atoms with Crippen LogP contribution in [0.1, 0.15) is 111 Å². The first kappa shape index (κ1) is 28.1. The van der Waals surface area contributed by atoms with Crippen molar-refractivity contribution in [1.82, 2.24) is 0 Å². The van der Waals surface area contributed by atoms with Crippen LogP contribution >= 0.6 is 0 Å². The van der Waals surface area contributed by atoms with Crippen molar-refractivity contribution in [1.29, 1.82) is 0 Å². The molecule has 1 unspecified atom stereocenters. The Kier molecular flexibility index (Phi) is 16.5. The zero-order chi connectivity index (χ0) is 21.3. The van der Waals surface area contributed by atoms with Gasteiger partial charge in [-0.05, 0) is 25.7 Å². The Balaban J connectivity index is 0. The van der Waals surface area contributed by atoms with Gasteiger partial charge in [-0.1, -0.05) is 72.6 Å². The molecule has 0 aromatic carbocycles. The summed E-state index contributed by atoms with van der Waals surface area (Å²) in [5, 5.41) is 37.3.